The Kier molecular flexibility index (Phi) is 7.69. The van der Waals surface area contributed by atoms with Gasteiger partial charge in [0, 0.05) is 44.7 Å². The molecular weight excluding hydrogens is 661 g/mol. The molecule has 3 aromatic heterocycles. The minimum Gasteiger partial charge on any atom is -0.464 e. The zero-order valence-electron chi connectivity index (χ0n) is 32.8. The summed E-state index contributed by atoms with van der Waals surface area (Å²) < 4.78 is 11.9. The normalized spacial score (nSPS) is 18.8. The molecule has 5 aromatic carbocycles. The van der Waals surface area contributed by atoms with Gasteiger partial charge in [-0.2, -0.15) is 0 Å². The van der Waals surface area contributed by atoms with Crippen molar-refractivity contribution in [2.45, 2.75) is 79.4 Å². The van der Waals surface area contributed by atoms with Gasteiger partial charge in [-0.1, -0.05) is 87.9 Å². The van der Waals surface area contributed by atoms with Crippen molar-refractivity contribution in [2.24, 2.45) is 10.9 Å². The van der Waals surface area contributed by atoms with Crippen molar-refractivity contribution in [1.29, 1.82) is 0 Å². The summed E-state index contributed by atoms with van der Waals surface area (Å²) in [5, 5.41) is 4.85. The summed E-state index contributed by atoms with van der Waals surface area (Å²) in [5.41, 5.74) is 12.6. The van der Waals surface area contributed by atoms with Crippen molar-refractivity contribution in [3.63, 3.8) is 0 Å². The molecule has 0 saturated heterocycles. The zero-order chi connectivity index (χ0) is 37.7. The molecule has 5 heteroatoms. The highest BCUT2D eigenvalue weighted by molar-refractivity contribution is 6.12. The molecule has 9 rings (SSSR count). The molecule has 8 aromatic rings. The van der Waals surface area contributed by atoms with Gasteiger partial charge in [-0.25, -0.2) is 9.98 Å². The van der Waals surface area contributed by atoms with Gasteiger partial charge in [0.1, 0.15) is 11.2 Å². The van der Waals surface area contributed by atoms with Gasteiger partial charge in [0.15, 0.2) is 5.60 Å². The first kappa shape index (κ1) is 34.1. The second-order valence-electron chi connectivity index (χ2n) is 16.4. The molecule has 270 valence electrons. The molecule has 4 heterocycles. The first-order valence-corrected chi connectivity index (χ1v) is 19.3. The third-order valence-electron chi connectivity index (χ3n) is 12.4. The van der Waals surface area contributed by atoms with E-state index >= 15 is 0 Å². The van der Waals surface area contributed by atoms with Crippen molar-refractivity contribution in [3.05, 3.63) is 149 Å². The summed E-state index contributed by atoms with van der Waals surface area (Å²) in [6, 6.07) is 40.0. The van der Waals surface area contributed by atoms with Gasteiger partial charge < -0.3 is 9.30 Å². The second-order valence-corrected chi connectivity index (χ2v) is 16.4. The first-order valence-electron chi connectivity index (χ1n) is 19.3. The van der Waals surface area contributed by atoms with Crippen LogP contribution in [0.1, 0.15) is 80.8 Å². The van der Waals surface area contributed by atoms with Crippen LogP contribution < -0.4 is 0 Å². The molecule has 0 unspecified atom stereocenters. The number of aryl methyl sites for hydroxylation is 3. The number of nitrogens with zero attached hydrogens (tertiary/aromatic N) is 4. The van der Waals surface area contributed by atoms with E-state index in [0.29, 0.717) is 11.8 Å². The highest BCUT2D eigenvalue weighted by atomic mass is 16.5. The van der Waals surface area contributed by atoms with Crippen LogP contribution in [0.25, 0.3) is 55.1 Å². The molecule has 1 aliphatic rings. The number of hydrogen-bond donors (Lipinski definition) is 0. The molecule has 0 fully saturated rings. The molecule has 2 atom stereocenters. The molecule has 0 spiro atoms. The third-order valence-corrected chi connectivity index (χ3v) is 12.4. The van der Waals surface area contributed by atoms with Crippen LogP contribution in [0.4, 0.5) is 0 Å². The van der Waals surface area contributed by atoms with Crippen molar-refractivity contribution >= 4 is 49.6 Å². The van der Waals surface area contributed by atoms with E-state index in [-0.39, 0.29) is 5.92 Å². The molecule has 1 aliphatic heterocycles. The van der Waals surface area contributed by atoms with E-state index in [2.05, 4.69) is 175 Å². The van der Waals surface area contributed by atoms with Crippen LogP contribution in [0.2, 0.25) is 0 Å². The number of aromatic nitrogens is 3. The smallest absolute Gasteiger partial charge is 0.218 e. The Labute approximate surface area is 317 Å². The molecule has 54 heavy (non-hydrogen) atoms. The van der Waals surface area contributed by atoms with Crippen LogP contribution in [0.3, 0.4) is 0 Å². The summed E-state index contributed by atoms with van der Waals surface area (Å²) in [5.74, 6) is 1.39. The summed E-state index contributed by atoms with van der Waals surface area (Å²) in [6.45, 7) is 20.0. The van der Waals surface area contributed by atoms with Gasteiger partial charge in [-0.3, -0.25) is 4.57 Å². The monoisotopic (exact) mass is 708 g/mol. The highest BCUT2D eigenvalue weighted by Gasteiger charge is 2.55. The van der Waals surface area contributed by atoms with Crippen molar-refractivity contribution in [2.75, 3.05) is 0 Å². The Balaban J connectivity index is 1.28. The Bertz CT molecular complexity index is 2820. The van der Waals surface area contributed by atoms with Gasteiger partial charge in [-0.05, 0) is 123 Å². The van der Waals surface area contributed by atoms with Crippen molar-refractivity contribution in [1.82, 2.24) is 14.1 Å². The van der Waals surface area contributed by atoms with E-state index in [1.165, 1.54) is 43.8 Å². The zero-order valence-corrected chi connectivity index (χ0v) is 32.8. The second kappa shape index (κ2) is 12.2. The number of aliphatic imine (C=N–C) groups is 1. The minimum absolute atomic E-state index is 0.247. The van der Waals surface area contributed by atoms with Gasteiger partial charge in [0.2, 0.25) is 5.90 Å². The van der Waals surface area contributed by atoms with Crippen LogP contribution >= 0.6 is 0 Å². The van der Waals surface area contributed by atoms with E-state index in [1.807, 2.05) is 12.3 Å². The quantitative estimate of drug-likeness (QED) is 0.173. The molecule has 0 radical (unpaired) electrons. The molecule has 5 nitrogen and oxygen atoms in total. The number of pyridine rings is 1. The predicted octanol–water partition coefficient (Wildman–Crippen LogP) is 12.4. The van der Waals surface area contributed by atoms with E-state index < -0.39 is 11.1 Å². The lowest BCUT2D eigenvalue weighted by Gasteiger charge is -2.40. The van der Waals surface area contributed by atoms with Gasteiger partial charge in [-0.15, -0.1) is 0 Å². The number of fused-ring (bicyclic) bond motifs is 6. The fraction of sp³-hybridized carbons (Fsp3) is 0.265. The number of rotatable bonds is 6. The van der Waals surface area contributed by atoms with E-state index in [4.69, 9.17) is 14.7 Å². The topological polar surface area (TPSA) is 44.3 Å². The SMILES string of the molecule is Cc1ccc2c(c1)c1ccc(-n3c4ccc(C(C)C)cc4c4cccnc43)cc1n2-c1cc(C2=N[C@](C)(C(C)C)[C@@](C)(c3ccccc3)O2)c(C)cc1C. The maximum absolute atomic E-state index is 7.09. The minimum atomic E-state index is -0.624. The van der Waals surface area contributed by atoms with Crippen LogP contribution in [-0.4, -0.2) is 25.6 Å². The largest absolute Gasteiger partial charge is 0.464 e. The Hall–Kier alpha value is -5.68. The van der Waals surface area contributed by atoms with E-state index in [0.717, 1.165) is 44.7 Å². The summed E-state index contributed by atoms with van der Waals surface area (Å²) >= 11 is 0. The average molecular weight is 709 g/mol. The highest BCUT2D eigenvalue weighted by Crippen LogP contribution is 2.49. The van der Waals surface area contributed by atoms with Crippen molar-refractivity contribution < 1.29 is 4.74 Å². The fourth-order valence-corrected chi connectivity index (χ4v) is 8.86. The molecule has 0 amide bonds. The Morgan fingerprint density at radius 3 is 2.13 bits per heavy atom. The first-order chi connectivity index (χ1) is 25.9. The summed E-state index contributed by atoms with van der Waals surface area (Å²) in [4.78, 5) is 10.4. The maximum Gasteiger partial charge on any atom is 0.218 e. The molecular formula is C49H48N4O. The van der Waals surface area contributed by atoms with Crippen LogP contribution in [0.15, 0.2) is 120 Å². The fourth-order valence-electron chi connectivity index (χ4n) is 8.86. The molecule has 0 bridgehead atoms. The van der Waals surface area contributed by atoms with Gasteiger partial charge in [0.25, 0.3) is 0 Å². The number of ether oxygens (including phenoxy) is 1. The maximum atomic E-state index is 7.09. The lowest BCUT2D eigenvalue weighted by Crippen LogP contribution is -2.47. The molecule has 0 saturated carbocycles. The van der Waals surface area contributed by atoms with Crippen LogP contribution in [0.5, 0.6) is 0 Å². The lowest BCUT2D eigenvalue weighted by molar-refractivity contribution is 0.00856. The Morgan fingerprint density at radius 1 is 0.630 bits per heavy atom. The lowest BCUT2D eigenvalue weighted by atomic mass is 9.72. The molecule has 0 aliphatic carbocycles. The number of benzene rings is 5. The van der Waals surface area contributed by atoms with E-state index in [9.17, 15) is 0 Å². The predicted molar refractivity (Wildman–Crippen MR) is 226 cm³/mol. The average Bonchev–Trinajstić information content (AvgIpc) is 3.76. The summed E-state index contributed by atoms with van der Waals surface area (Å²) in [7, 11) is 0. The van der Waals surface area contributed by atoms with Crippen LogP contribution in [-0.2, 0) is 10.3 Å². The Morgan fingerprint density at radius 2 is 1.37 bits per heavy atom. The van der Waals surface area contributed by atoms with Crippen LogP contribution in [0, 0.1) is 26.7 Å². The third kappa shape index (κ3) is 4.90. The van der Waals surface area contributed by atoms with E-state index in [1.54, 1.807) is 0 Å². The van der Waals surface area contributed by atoms with Gasteiger partial charge in [0.05, 0.1) is 16.6 Å². The molecule has 0 N–H and O–H groups in total. The van der Waals surface area contributed by atoms with Crippen molar-refractivity contribution in [3.8, 4) is 11.4 Å². The van der Waals surface area contributed by atoms with Gasteiger partial charge >= 0.3 is 0 Å². The standard InChI is InChI=1S/C49H48N4O/c1-29(2)34-18-22-42-41(26-34)38-16-13-23-50-46(38)52(42)36-19-20-37-40-24-31(5)17-21-43(40)53(45(37)27-36)44-28-39(32(6)25-33(44)7)47-51-48(8,30(3)4)49(9,54-47)35-14-11-10-12-15-35/h10-30H,1-9H3/t48-,49-/m1/s1. The summed E-state index contributed by atoms with van der Waals surface area (Å²) in [6.07, 6.45) is 1.90. The number of hydrogen-bond acceptors (Lipinski definition) is 3.